The number of hydrogen-bond acceptors (Lipinski definition) is 6. The Kier molecular flexibility index (Phi) is 10.2. The number of hydrogen-bond donors (Lipinski definition) is 1. The van der Waals surface area contributed by atoms with E-state index >= 15 is 0 Å². The number of fused-ring (bicyclic) bond motifs is 1. The number of rotatable bonds is 11. The minimum atomic E-state index is -0.487. The van der Waals surface area contributed by atoms with E-state index in [1.54, 1.807) is 49.4 Å². The maximum atomic E-state index is 13.4. The van der Waals surface area contributed by atoms with Crippen LogP contribution in [0.15, 0.2) is 84.0 Å². The summed E-state index contributed by atoms with van der Waals surface area (Å²) in [5.74, 6) is -0.540. The van der Waals surface area contributed by atoms with Gasteiger partial charge in [0.2, 0.25) is 0 Å². The lowest BCUT2D eigenvalue weighted by atomic mass is 10.1. The Morgan fingerprint density at radius 1 is 0.976 bits per heavy atom. The average molecular weight is 575 g/mol. The van der Waals surface area contributed by atoms with Gasteiger partial charge in [0.1, 0.15) is 12.3 Å². The third-order valence-electron chi connectivity index (χ3n) is 6.81. The van der Waals surface area contributed by atoms with Gasteiger partial charge in [0.15, 0.2) is 0 Å². The lowest BCUT2D eigenvalue weighted by molar-refractivity contribution is -0.144. The van der Waals surface area contributed by atoms with Crippen LogP contribution >= 0.6 is 11.6 Å². The maximum Gasteiger partial charge on any atom is 0.325 e. The van der Waals surface area contributed by atoms with Crippen LogP contribution in [0.5, 0.6) is 5.75 Å². The van der Waals surface area contributed by atoms with Crippen molar-refractivity contribution in [3.8, 4) is 5.75 Å². The second kappa shape index (κ2) is 14.0. The molecule has 0 fully saturated rings. The zero-order valence-electron chi connectivity index (χ0n) is 23.6. The summed E-state index contributed by atoms with van der Waals surface area (Å²) in [6.07, 6.45) is 1.82. The Balaban J connectivity index is 1.75. The molecule has 1 aromatic heterocycles. The van der Waals surface area contributed by atoms with Crippen molar-refractivity contribution in [3.05, 3.63) is 101 Å². The van der Waals surface area contributed by atoms with Gasteiger partial charge < -0.3 is 19.3 Å². The third-order valence-corrected chi connectivity index (χ3v) is 7.05. The van der Waals surface area contributed by atoms with Gasteiger partial charge in [-0.3, -0.25) is 14.5 Å². The highest BCUT2D eigenvalue weighted by atomic mass is 35.5. The molecule has 9 heteroatoms. The molecule has 8 nitrogen and oxygen atoms in total. The van der Waals surface area contributed by atoms with E-state index in [-0.39, 0.29) is 31.5 Å². The highest BCUT2D eigenvalue weighted by Crippen LogP contribution is 2.25. The topological polar surface area (TPSA) is 87.4 Å². The normalized spacial score (nSPS) is 11.7. The molecule has 3 aromatic carbocycles. The third kappa shape index (κ3) is 7.54. The fraction of sp³-hybridized carbons (Fsp3) is 0.281. The van der Waals surface area contributed by atoms with Gasteiger partial charge in [-0.05, 0) is 74.6 Å². The van der Waals surface area contributed by atoms with E-state index in [4.69, 9.17) is 21.3 Å². The summed E-state index contributed by atoms with van der Waals surface area (Å²) in [5.41, 5.74) is 2.74. The van der Waals surface area contributed by atoms with Crippen LogP contribution in [0.3, 0.4) is 0 Å². The molecule has 214 valence electrons. The molecular weight excluding hydrogens is 540 g/mol. The fourth-order valence-electron chi connectivity index (χ4n) is 4.60. The zero-order chi connectivity index (χ0) is 29.4. The Labute approximate surface area is 245 Å². The van der Waals surface area contributed by atoms with E-state index in [9.17, 15) is 14.7 Å². The molecule has 0 aliphatic rings. The summed E-state index contributed by atoms with van der Waals surface area (Å²) in [7, 11) is 0. The number of aromatic hydroxyl groups is 1. The molecular formula is C32H35ClN4O4. The van der Waals surface area contributed by atoms with Crippen LogP contribution in [0.25, 0.3) is 10.9 Å². The SMILES string of the molecule is CCOC(=O)CN(Cn1ccc(=Nc2ccc(O)c(CN(CC)CC)c2)c2ccc(Cl)cc21)C(=O)c1ccccc1. The number of carbonyl (C=O) groups is 2. The molecule has 0 spiro atoms. The number of halogens is 1. The molecule has 0 aliphatic carbocycles. The van der Waals surface area contributed by atoms with Crippen LogP contribution < -0.4 is 5.36 Å². The molecule has 1 N–H and O–H groups in total. The summed E-state index contributed by atoms with van der Waals surface area (Å²) >= 11 is 6.41. The van der Waals surface area contributed by atoms with E-state index in [2.05, 4.69) is 18.7 Å². The van der Waals surface area contributed by atoms with Gasteiger partial charge in [-0.1, -0.05) is 43.6 Å². The summed E-state index contributed by atoms with van der Waals surface area (Å²) < 4.78 is 7.01. The van der Waals surface area contributed by atoms with Crippen molar-refractivity contribution < 1.29 is 19.4 Å². The lowest BCUT2D eigenvalue weighted by Crippen LogP contribution is -2.38. The van der Waals surface area contributed by atoms with E-state index < -0.39 is 5.97 Å². The van der Waals surface area contributed by atoms with Crippen molar-refractivity contribution in [2.45, 2.75) is 34.0 Å². The molecule has 0 aliphatic heterocycles. The van der Waals surface area contributed by atoms with Gasteiger partial charge in [0, 0.05) is 34.3 Å². The maximum absolute atomic E-state index is 13.4. The van der Waals surface area contributed by atoms with Gasteiger partial charge in [-0.15, -0.1) is 0 Å². The molecule has 41 heavy (non-hydrogen) atoms. The zero-order valence-corrected chi connectivity index (χ0v) is 24.3. The number of ether oxygens (including phenoxy) is 1. The first-order valence-electron chi connectivity index (χ1n) is 13.7. The first-order valence-corrected chi connectivity index (χ1v) is 14.1. The van der Waals surface area contributed by atoms with Gasteiger partial charge in [-0.25, -0.2) is 4.99 Å². The number of phenols is 1. The Morgan fingerprint density at radius 2 is 1.73 bits per heavy atom. The Bertz CT molecular complexity index is 1580. The lowest BCUT2D eigenvalue weighted by Gasteiger charge is -2.24. The van der Waals surface area contributed by atoms with E-state index in [1.165, 1.54) is 4.90 Å². The monoisotopic (exact) mass is 574 g/mol. The predicted octanol–water partition coefficient (Wildman–Crippen LogP) is 5.74. The minimum absolute atomic E-state index is 0.0941. The second-order valence-corrected chi connectivity index (χ2v) is 9.97. The molecule has 0 atom stereocenters. The summed E-state index contributed by atoms with van der Waals surface area (Å²) in [6, 6.07) is 21.5. The average Bonchev–Trinajstić information content (AvgIpc) is 2.98. The highest BCUT2D eigenvalue weighted by molar-refractivity contribution is 6.31. The van der Waals surface area contributed by atoms with Crippen molar-refractivity contribution in [2.24, 2.45) is 4.99 Å². The number of nitrogens with zero attached hydrogens (tertiary/aromatic N) is 4. The van der Waals surface area contributed by atoms with Crippen LogP contribution in [-0.4, -0.2) is 57.6 Å². The smallest absolute Gasteiger partial charge is 0.325 e. The molecule has 1 amide bonds. The fourth-order valence-corrected chi connectivity index (χ4v) is 4.77. The number of esters is 1. The molecule has 0 bridgehead atoms. The minimum Gasteiger partial charge on any atom is -0.508 e. The molecule has 0 unspecified atom stereocenters. The Hall–Kier alpha value is -4.14. The largest absolute Gasteiger partial charge is 0.508 e. The number of amides is 1. The van der Waals surface area contributed by atoms with Crippen molar-refractivity contribution in [2.75, 3.05) is 26.2 Å². The Morgan fingerprint density at radius 3 is 2.44 bits per heavy atom. The van der Waals surface area contributed by atoms with Crippen LogP contribution in [0.4, 0.5) is 5.69 Å². The van der Waals surface area contributed by atoms with Crippen molar-refractivity contribution in [1.29, 1.82) is 0 Å². The van der Waals surface area contributed by atoms with Gasteiger partial charge >= 0.3 is 5.97 Å². The van der Waals surface area contributed by atoms with Crippen LogP contribution in [0.2, 0.25) is 5.02 Å². The summed E-state index contributed by atoms with van der Waals surface area (Å²) in [6.45, 7) is 8.40. The molecule has 4 rings (SSSR count). The van der Waals surface area contributed by atoms with Gasteiger partial charge in [0.25, 0.3) is 5.91 Å². The summed E-state index contributed by atoms with van der Waals surface area (Å²) in [5, 5.41) is 12.5. The molecule has 0 saturated heterocycles. The van der Waals surface area contributed by atoms with Gasteiger partial charge in [0.05, 0.1) is 29.8 Å². The number of benzene rings is 3. The van der Waals surface area contributed by atoms with Crippen LogP contribution in [0.1, 0.15) is 36.7 Å². The number of carbonyl (C=O) groups excluding carboxylic acids is 2. The van der Waals surface area contributed by atoms with Crippen LogP contribution in [0, 0.1) is 0 Å². The molecule has 4 aromatic rings. The van der Waals surface area contributed by atoms with Gasteiger partial charge in [-0.2, -0.15) is 0 Å². The van der Waals surface area contributed by atoms with E-state index in [1.807, 2.05) is 41.1 Å². The molecule has 1 heterocycles. The number of aromatic nitrogens is 1. The van der Waals surface area contributed by atoms with Crippen molar-refractivity contribution >= 4 is 40.1 Å². The van der Waals surface area contributed by atoms with E-state index in [0.717, 1.165) is 29.6 Å². The molecule has 0 radical (unpaired) electrons. The van der Waals surface area contributed by atoms with Crippen molar-refractivity contribution in [3.63, 3.8) is 0 Å². The van der Waals surface area contributed by atoms with E-state index in [0.29, 0.717) is 28.2 Å². The number of phenolic OH excluding ortho intramolecular Hbond substituents is 1. The number of pyridine rings is 1. The summed E-state index contributed by atoms with van der Waals surface area (Å²) in [4.78, 5) is 34.4. The highest BCUT2D eigenvalue weighted by Gasteiger charge is 2.20. The first kappa shape index (κ1) is 29.8. The second-order valence-electron chi connectivity index (χ2n) is 9.53. The van der Waals surface area contributed by atoms with Crippen LogP contribution in [-0.2, 0) is 22.7 Å². The first-order chi connectivity index (χ1) is 19.8. The molecule has 0 saturated carbocycles. The standard InChI is InChI=1S/C32H35ClN4O4/c1-4-35(5-2)20-24-18-26(13-15-30(24)38)34-28-16-17-36(29-19-25(33)12-14-27(28)29)22-37(21-31(39)41-6-3)32(40)23-10-8-7-9-11-23/h7-19,38H,4-6,20-22H2,1-3H3. The predicted molar refractivity (Wildman–Crippen MR) is 161 cm³/mol. The van der Waals surface area contributed by atoms with Crippen molar-refractivity contribution in [1.82, 2.24) is 14.4 Å². The quantitative estimate of drug-likeness (QED) is 0.231.